The highest BCUT2D eigenvalue weighted by molar-refractivity contribution is 5.74. The number of allylic oxidation sites excluding steroid dienone is 1. The Morgan fingerprint density at radius 2 is 2.05 bits per heavy atom. The minimum atomic E-state index is 0.727. The molecule has 0 saturated heterocycles. The van der Waals surface area contributed by atoms with Crippen LogP contribution in [0.3, 0.4) is 0 Å². The van der Waals surface area contributed by atoms with Gasteiger partial charge in [0.05, 0.1) is 6.61 Å². The molecule has 0 aliphatic carbocycles. The van der Waals surface area contributed by atoms with Crippen LogP contribution in [0.1, 0.15) is 31.7 Å². The molecule has 1 aromatic rings. The van der Waals surface area contributed by atoms with E-state index in [2.05, 4.69) is 48.1 Å². The van der Waals surface area contributed by atoms with Crippen molar-refractivity contribution in [1.82, 2.24) is 0 Å². The fourth-order valence-electron chi connectivity index (χ4n) is 2.33. The average molecular weight is 258 g/mol. The summed E-state index contributed by atoms with van der Waals surface area (Å²) in [4.78, 5) is 0. The van der Waals surface area contributed by atoms with E-state index < -0.39 is 0 Å². The van der Waals surface area contributed by atoms with Gasteiger partial charge in [-0.25, -0.2) is 4.58 Å². The summed E-state index contributed by atoms with van der Waals surface area (Å²) < 4.78 is 8.10. The third kappa shape index (κ3) is 4.99. The number of hydrogen-bond acceptors (Lipinski definition) is 1. The molecule has 0 spiro atoms. The third-order valence-electron chi connectivity index (χ3n) is 3.44. The van der Waals surface area contributed by atoms with Gasteiger partial charge >= 0.3 is 0 Å². The van der Waals surface area contributed by atoms with Crippen molar-refractivity contribution in [3.8, 4) is 0 Å². The monoisotopic (exact) mass is 258 g/mol. The van der Waals surface area contributed by atoms with Crippen LogP contribution in [0.4, 0.5) is 0 Å². The topological polar surface area (TPSA) is 12.2 Å². The lowest BCUT2D eigenvalue weighted by atomic mass is 10.1. The van der Waals surface area contributed by atoms with E-state index >= 15 is 0 Å². The van der Waals surface area contributed by atoms with Gasteiger partial charge in [0.15, 0.2) is 6.21 Å². The lowest BCUT2D eigenvalue weighted by molar-refractivity contribution is -0.519. The standard InChI is InChI=1S/C17H24NO/c1-2-18-12-6-10-16(14-18)11-7-13-19-15-17-8-4-3-5-9-17/h3-5,8-10,14H,2,6-7,11-13,15H2,1H3/q+1. The average Bonchev–Trinajstić information content (AvgIpc) is 2.48. The Morgan fingerprint density at radius 1 is 1.21 bits per heavy atom. The van der Waals surface area contributed by atoms with Crippen molar-refractivity contribution >= 4 is 6.21 Å². The zero-order valence-electron chi connectivity index (χ0n) is 11.8. The van der Waals surface area contributed by atoms with Gasteiger partial charge in [0.1, 0.15) is 13.1 Å². The lowest BCUT2D eigenvalue weighted by Gasteiger charge is -2.09. The highest BCUT2D eigenvalue weighted by atomic mass is 16.5. The molecule has 2 heteroatoms. The normalized spacial score (nSPS) is 15.0. The van der Waals surface area contributed by atoms with Crippen molar-refractivity contribution < 1.29 is 9.31 Å². The van der Waals surface area contributed by atoms with Gasteiger partial charge in [-0.3, -0.25) is 0 Å². The quantitative estimate of drug-likeness (QED) is 0.539. The van der Waals surface area contributed by atoms with Gasteiger partial charge in [0, 0.05) is 18.6 Å². The van der Waals surface area contributed by atoms with Crippen molar-refractivity contribution in [2.45, 2.75) is 32.8 Å². The van der Waals surface area contributed by atoms with Gasteiger partial charge in [-0.05, 0) is 25.3 Å². The highest BCUT2D eigenvalue weighted by Crippen LogP contribution is 2.09. The molecule has 0 amide bonds. The highest BCUT2D eigenvalue weighted by Gasteiger charge is 2.08. The van der Waals surface area contributed by atoms with Crippen molar-refractivity contribution in [2.75, 3.05) is 19.7 Å². The Labute approximate surface area is 116 Å². The van der Waals surface area contributed by atoms with E-state index in [4.69, 9.17) is 4.74 Å². The first kappa shape index (κ1) is 14.0. The second kappa shape index (κ2) is 7.90. The van der Waals surface area contributed by atoms with Crippen LogP contribution in [0, 0.1) is 0 Å². The molecule has 0 aromatic heterocycles. The van der Waals surface area contributed by atoms with E-state index in [9.17, 15) is 0 Å². The fraction of sp³-hybridized carbons (Fsp3) is 0.471. The van der Waals surface area contributed by atoms with Gasteiger partial charge in [0.2, 0.25) is 0 Å². The number of ether oxygens (including phenoxy) is 1. The Morgan fingerprint density at radius 3 is 2.84 bits per heavy atom. The molecule has 1 aromatic carbocycles. The van der Waals surface area contributed by atoms with Crippen LogP contribution in [0.25, 0.3) is 0 Å². The van der Waals surface area contributed by atoms with E-state index in [1.54, 1.807) is 0 Å². The Hall–Kier alpha value is -1.41. The summed E-state index contributed by atoms with van der Waals surface area (Å²) in [5.41, 5.74) is 2.72. The summed E-state index contributed by atoms with van der Waals surface area (Å²) in [7, 11) is 0. The summed E-state index contributed by atoms with van der Waals surface area (Å²) in [6, 6.07) is 10.4. The van der Waals surface area contributed by atoms with Crippen LogP contribution in [-0.4, -0.2) is 30.5 Å². The smallest absolute Gasteiger partial charge is 0.166 e. The van der Waals surface area contributed by atoms with Gasteiger partial charge in [-0.2, -0.15) is 0 Å². The maximum atomic E-state index is 5.71. The zero-order valence-corrected chi connectivity index (χ0v) is 11.8. The number of benzene rings is 1. The maximum Gasteiger partial charge on any atom is 0.166 e. The molecule has 0 radical (unpaired) electrons. The van der Waals surface area contributed by atoms with Crippen LogP contribution in [0.5, 0.6) is 0 Å². The largest absolute Gasteiger partial charge is 0.377 e. The Balaban J connectivity index is 1.62. The summed E-state index contributed by atoms with van der Waals surface area (Å²) in [6.45, 7) is 6.06. The SMILES string of the molecule is CC[N+]1=CC(CCCOCc2ccccc2)=CCC1. The molecule has 2 rings (SSSR count). The summed E-state index contributed by atoms with van der Waals surface area (Å²) in [5.74, 6) is 0. The van der Waals surface area contributed by atoms with Crippen LogP contribution < -0.4 is 0 Å². The third-order valence-corrected chi connectivity index (χ3v) is 3.44. The van der Waals surface area contributed by atoms with E-state index in [1.165, 1.54) is 24.1 Å². The van der Waals surface area contributed by atoms with Gasteiger partial charge in [-0.1, -0.05) is 36.4 Å². The summed E-state index contributed by atoms with van der Waals surface area (Å²) in [6.07, 6.45) is 8.09. The molecule has 102 valence electrons. The summed E-state index contributed by atoms with van der Waals surface area (Å²) >= 11 is 0. The molecule has 2 nitrogen and oxygen atoms in total. The van der Waals surface area contributed by atoms with E-state index in [-0.39, 0.29) is 0 Å². The van der Waals surface area contributed by atoms with E-state index in [0.29, 0.717) is 0 Å². The van der Waals surface area contributed by atoms with Crippen molar-refractivity contribution in [2.24, 2.45) is 0 Å². The predicted octanol–water partition coefficient (Wildman–Crippen LogP) is 3.42. The van der Waals surface area contributed by atoms with E-state index in [1.807, 2.05) is 6.07 Å². The predicted molar refractivity (Wildman–Crippen MR) is 79.8 cm³/mol. The van der Waals surface area contributed by atoms with Crippen LogP contribution in [-0.2, 0) is 11.3 Å². The van der Waals surface area contributed by atoms with Gasteiger partial charge in [0.25, 0.3) is 0 Å². The number of hydrogen-bond donors (Lipinski definition) is 0. The molecule has 0 unspecified atom stereocenters. The molecule has 0 saturated carbocycles. The zero-order chi connectivity index (χ0) is 13.3. The van der Waals surface area contributed by atoms with Crippen LogP contribution in [0.15, 0.2) is 42.0 Å². The molecule has 0 atom stereocenters. The van der Waals surface area contributed by atoms with Crippen molar-refractivity contribution in [3.63, 3.8) is 0 Å². The fourth-order valence-corrected chi connectivity index (χ4v) is 2.33. The molecular weight excluding hydrogens is 234 g/mol. The van der Waals surface area contributed by atoms with Crippen molar-refractivity contribution in [1.29, 1.82) is 0 Å². The minimum absolute atomic E-state index is 0.727. The van der Waals surface area contributed by atoms with E-state index in [0.717, 1.165) is 32.6 Å². The molecule has 1 heterocycles. The van der Waals surface area contributed by atoms with Crippen molar-refractivity contribution in [3.05, 3.63) is 47.5 Å². The van der Waals surface area contributed by atoms with Crippen LogP contribution in [0.2, 0.25) is 0 Å². The second-order valence-electron chi connectivity index (χ2n) is 4.97. The Kier molecular flexibility index (Phi) is 5.83. The number of rotatable bonds is 7. The first-order valence-electron chi connectivity index (χ1n) is 7.28. The molecule has 0 fully saturated rings. The molecular formula is C17H24NO+. The first-order valence-corrected chi connectivity index (χ1v) is 7.28. The molecule has 0 bridgehead atoms. The molecule has 0 N–H and O–H groups in total. The summed E-state index contributed by atoms with van der Waals surface area (Å²) in [5, 5.41) is 0. The van der Waals surface area contributed by atoms with Gasteiger partial charge in [-0.15, -0.1) is 0 Å². The van der Waals surface area contributed by atoms with Crippen LogP contribution >= 0.6 is 0 Å². The number of nitrogens with zero attached hydrogens (tertiary/aromatic N) is 1. The minimum Gasteiger partial charge on any atom is -0.377 e. The first-order chi connectivity index (χ1) is 9.38. The molecule has 19 heavy (non-hydrogen) atoms. The lowest BCUT2D eigenvalue weighted by Crippen LogP contribution is -2.18. The van der Waals surface area contributed by atoms with Gasteiger partial charge < -0.3 is 4.74 Å². The Bertz CT molecular complexity index is 434. The second-order valence-corrected chi connectivity index (χ2v) is 4.97. The molecule has 1 aliphatic rings. The maximum absolute atomic E-state index is 5.71. The molecule has 1 aliphatic heterocycles.